The molecule has 6 rings (SSSR count). The Kier molecular flexibility index (Phi) is 9.35. The van der Waals surface area contributed by atoms with E-state index in [2.05, 4.69) is 20.2 Å². The molecule has 3 aliphatic rings. The molecule has 1 saturated heterocycles. The summed E-state index contributed by atoms with van der Waals surface area (Å²) in [6.07, 6.45) is -3.65. The average Bonchev–Trinajstić information content (AvgIpc) is 3.78. The highest BCUT2D eigenvalue weighted by Crippen LogP contribution is 2.52. The van der Waals surface area contributed by atoms with Crippen LogP contribution in [0.3, 0.4) is 0 Å². The lowest BCUT2D eigenvalue weighted by Crippen LogP contribution is -2.43. The van der Waals surface area contributed by atoms with Gasteiger partial charge in [-0.3, -0.25) is 4.90 Å². The smallest absolute Gasteiger partial charge is 0.418 e. The summed E-state index contributed by atoms with van der Waals surface area (Å²) in [5.41, 5.74) is 7.84. The number of nitrogens with one attached hydrogen (secondary N) is 1. The van der Waals surface area contributed by atoms with Crippen molar-refractivity contribution in [2.45, 2.75) is 44.5 Å². The number of urea groups is 1. The normalized spacial score (nSPS) is 21.0. The third-order valence-electron chi connectivity index (χ3n) is 9.12. The number of ether oxygens (including phenoxy) is 3. The number of amides is 2. The number of rotatable bonds is 8. The number of alkyl halides is 3. The van der Waals surface area contributed by atoms with E-state index >= 15 is 4.39 Å². The van der Waals surface area contributed by atoms with Gasteiger partial charge in [0, 0.05) is 61.4 Å². The van der Waals surface area contributed by atoms with Crippen molar-refractivity contribution in [3.63, 3.8) is 0 Å². The van der Waals surface area contributed by atoms with Gasteiger partial charge in [-0.1, -0.05) is 23.2 Å². The van der Waals surface area contributed by atoms with E-state index < -0.39 is 50.9 Å². The molecule has 11 nitrogen and oxygen atoms in total. The Morgan fingerprint density at radius 3 is 2.56 bits per heavy atom. The number of carbonyl (C=O) groups is 1. The summed E-state index contributed by atoms with van der Waals surface area (Å²) in [5, 5.41) is 1.28. The van der Waals surface area contributed by atoms with Crippen molar-refractivity contribution in [2.75, 3.05) is 63.7 Å². The van der Waals surface area contributed by atoms with Gasteiger partial charge in [-0.2, -0.15) is 23.1 Å². The molecular weight excluding hydrogens is 681 g/mol. The van der Waals surface area contributed by atoms with E-state index in [9.17, 15) is 18.0 Å². The summed E-state index contributed by atoms with van der Waals surface area (Å²) in [7, 11) is 1.73. The van der Waals surface area contributed by atoms with E-state index in [0.717, 1.165) is 44.6 Å². The van der Waals surface area contributed by atoms with E-state index in [0.29, 0.717) is 19.6 Å². The zero-order chi connectivity index (χ0) is 34.5. The van der Waals surface area contributed by atoms with Crippen molar-refractivity contribution in [1.29, 1.82) is 0 Å². The largest absolute Gasteiger partial charge is 0.486 e. The third-order valence-corrected chi connectivity index (χ3v) is 9.78. The van der Waals surface area contributed by atoms with Gasteiger partial charge in [-0.05, 0) is 31.9 Å². The predicted molar refractivity (Wildman–Crippen MR) is 173 cm³/mol. The molecule has 2 aromatic carbocycles. The van der Waals surface area contributed by atoms with Crippen molar-refractivity contribution in [3.8, 4) is 22.9 Å². The van der Waals surface area contributed by atoms with E-state index in [1.54, 1.807) is 11.9 Å². The zero-order valence-corrected chi connectivity index (χ0v) is 27.7. The number of benzene rings is 2. The van der Waals surface area contributed by atoms with Gasteiger partial charge in [-0.15, -0.1) is 0 Å². The van der Waals surface area contributed by atoms with Gasteiger partial charge >= 0.3 is 18.2 Å². The Morgan fingerprint density at radius 1 is 1.21 bits per heavy atom. The number of anilines is 2. The highest BCUT2D eigenvalue weighted by molar-refractivity contribution is 6.37. The zero-order valence-electron chi connectivity index (χ0n) is 26.2. The van der Waals surface area contributed by atoms with Gasteiger partial charge in [0.1, 0.15) is 17.4 Å². The molecule has 2 amide bonds. The fourth-order valence-corrected chi connectivity index (χ4v) is 6.95. The van der Waals surface area contributed by atoms with Crippen LogP contribution in [0.1, 0.15) is 31.7 Å². The molecule has 260 valence electrons. The van der Waals surface area contributed by atoms with Crippen LogP contribution >= 0.6 is 23.2 Å². The van der Waals surface area contributed by atoms with Crippen molar-refractivity contribution < 1.29 is 36.6 Å². The van der Waals surface area contributed by atoms with Crippen LogP contribution in [-0.4, -0.2) is 86.1 Å². The first kappa shape index (κ1) is 34.3. The summed E-state index contributed by atoms with van der Waals surface area (Å²) in [6, 6.07) is 0.621. The Bertz CT molecular complexity index is 1740. The molecule has 1 saturated carbocycles. The van der Waals surface area contributed by atoms with Crippen LogP contribution in [0, 0.1) is 11.2 Å². The van der Waals surface area contributed by atoms with E-state index in [4.69, 9.17) is 48.9 Å². The maximum atomic E-state index is 16.9. The Balaban J connectivity index is 1.52. The maximum absolute atomic E-state index is 16.9. The average molecular weight is 717 g/mol. The first-order valence-electron chi connectivity index (χ1n) is 15.4. The molecule has 3 heterocycles. The molecule has 17 heteroatoms. The Hall–Kier alpha value is -3.53. The van der Waals surface area contributed by atoms with Crippen LogP contribution in [0.2, 0.25) is 10.0 Å². The SMILES string of the molecule is CC1CC(CNC(N)=O)Oc2c(Cl)c(-c3cc(N)cc(Cl)c3C(F)(F)F)c(F)c3nc(OCC4(CN5CCOCC5)CC4)nc(c23)N1C. The topological polar surface area (TPSA) is 141 Å². The maximum Gasteiger partial charge on any atom is 0.418 e. The van der Waals surface area contributed by atoms with Gasteiger partial charge in [0.05, 0.1) is 47.4 Å². The number of nitrogens with two attached hydrogens (primary N) is 2. The Morgan fingerprint density at radius 2 is 1.92 bits per heavy atom. The van der Waals surface area contributed by atoms with Gasteiger partial charge < -0.3 is 35.9 Å². The molecule has 2 atom stereocenters. The first-order chi connectivity index (χ1) is 22.7. The molecule has 1 aliphatic carbocycles. The van der Waals surface area contributed by atoms with Crippen LogP contribution in [0.15, 0.2) is 12.1 Å². The lowest BCUT2D eigenvalue weighted by Gasteiger charge is -2.34. The minimum absolute atomic E-state index is 0.0183. The minimum atomic E-state index is -5.01. The number of aromatic nitrogens is 2. The van der Waals surface area contributed by atoms with Crippen molar-refractivity contribution in [3.05, 3.63) is 33.6 Å². The summed E-state index contributed by atoms with van der Waals surface area (Å²) < 4.78 is 78.1. The molecule has 0 radical (unpaired) electrons. The molecule has 0 spiro atoms. The highest BCUT2D eigenvalue weighted by Gasteiger charge is 2.45. The Labute approximate surface area is 283 Å². The highest BCUT2D eigenvalue weighted by atomic mass is 35.5. The van der Waals surface area contributed by atoms with Gasteiger partial charge in [0.25, 0.3) is 0 Å². The number of nitrogens with zero attached hydrogens (tertiary/aromatic N) is 4. The summed E-state index contributed by atoms with van der Waals surface area (Å²) in [5.74, 6) is -1.16. The fraction of sp³-hybridized carbons (Fsp3) is 0.516. The van der Waals surface area contributed by atoms with Crippen molar-refractivity contribution in [2.24, 2.45) is 11.1 Å². The summed E-state index contributed by atoms with van der Waals surface area (Å²) in [6.45, 7) is 5.77. The van der Waals surface area contributed by atoms with Crippen LogP contribution in [0.25, 0.3) is 22.0 Å². The summed E-state index contributed by atoms with van der Waals surface area (Å²) in [4.78, 5) is 24.7. The number of primary amides is 1. The van der Waals surface area contributed by atoms with Crippen LogP contribution < -0.4 is 31.2 Å². The fourth-order valence-electron chi connectivity index (χ4n) is 6.29. The standard InChI is InChI=1S/C31H35Cl2F4N7O4/c1-15-9-17(12-40-28(39)45)48-26-21-25(24(34)20(23(26)33)18-10-16(38)11-19(32)22(18)31(35,36)37)41-29(42-27(21)43(15)2)47-14-30(3-4-30)13-44-5-7-46-8-6-44/h10-11,15,17H,3-9,12-14,38H2,1-2H3,(H3,39,40,45). The molecule has 0 bridgehead atoms. The van der Waals surface area contributed by atoms with Crippen LogP contribution in [-0.2, 0) is 10.9 Å². The van der Waals surface area contributed by atoms with Crippen LogP contribution in [0.4, 0.5) is 33.9 Å². The van der Waals surface area contributed by atoms with Gasteiger partial charge in [0.2, 0.25) is 0 Å². The summed E-state index contributed by atoms with van der Waals surface area (Å²) >= 11 is 12.9. The monoisotopic (exact) mass is 715 g/mol. The van der Waals surface area contributed by atoms with Crippen LogP contribution in [0.5, 0.6) is 11.8 Å². The molecule has 2 unspecified atom stereocenters. The van der Waals surface area contributed by atoms with E-state index in [1.807, 2.05) is 6.92 Å². The predicted octanol–water partition coefficient (Wildman–Crippen LogP) is 5.48. The third kappa shape index (κ3) is 6.82. The molecular formula is C31H35Cl2F4N7O4. The molecule has 48 heavy (non-hydrogen) atoms. The molecule has 3 aromatic rings. The number of nitrogen functional groups attached to an aromatic ring is 1. The second-order valence-electron chi connectivity index (χ2n) is 12.7. The molecule has 5 N–H and O–H groups in total. The second-order valence-corrected chi connectivity index (χ2v) is 13.5. The molecule has 2 aliphatic heterocycles. The van der Waals surface area contributed by atoms with Crippen molar-refractivity contribution in [1.82, 2.24) is 20.2 Å². The second kappa shape index (κ2) is 13.1. The number of hydrogen-bond acceptors (Lipinski definition) is 9. The minimum Gasteiger partial charge on any atom is -0.486 e. The van der Waals surface area contributed by atoms with Gasteiger partial charge in [-0.25, -0.2) is 9.18 Å². The van der Waals surface area contributed by atoms with Gasteiger partial charge in [0.15, 0.2) is 11.6 Å². The lowest BCUT2D eigenvalue weighted by molar-refractivity contribution is -0.137. The number of hydrogen-bond donors (Lipinski definition) is 3. The first-order valence-corrected chi connectivity index (χ1v) is 16.2. The lowest BCUT2D eigenvalue weighted by atomic mass is 9.95. The quantitative estimate of drug-likeness (QED) is 0.204. The molecule has 2 fully saturated rings. The number of carbonyl (C=O) groups excluding carboxylic acids is 1. The molecule has 1 aromatic heterocycles. The van der Waals surface area contributed by atoms with E-state index in [1.165, 1.54) is 0 Å². The number of morpholine rings is 1. The van der Waals surface area contributed by atoms with Crippen molar-refractivity contribution >= 4 is 51.6 Å². The number of halogens is 6. The van der Waals surface area contributed by atoms with E-state index in [-0.39, 0.29) is 58.8 Å².